The van der Waals surface area contributed by atoms with Gasteiger partial charge in [0.05, 0.1) is 13.7 Å². The number of rotatable bonds is 8. The van der Waals surface area contributed by atoms with Crippen molar-refractivity contribution >= 4 is 11.6 Å². The molecule has 0 spiro atoms. The van der Waals surface area contributed by atoms with Gasteiger partial charge in [-0.2, -0.15) is 0 Å². The fourth-order valence-corrected chi connectivity index (χ4v) is 3.40. The molecule has 1 fully saturated rings. The Bertz CT molecular complexity index is 800. The second kappa shape index (κ2) is 10.3. The number of hydrogen-bond donors (Lipinski definition) is 1. The van der Waals surface area contributed by atoms with E-state index in [0.717, 1.165) is 61.0 Å². The van der Waals surface area contributed by atoms with E-state index in [-0.39, 0.29) is 5.91 Å². The maximum absolute atomic E-state index is 12.4. The van der Waals surface area contributed by atoms with Crippen LogP contribution in [0.15, 0.2) is 42.5 Å². The molecule has 1 N–H and O–H groups in total. The van der Waals surface area contributed by atoms with Gasteiger partial charge in [0.25, 0.3) is 0 Å². The largest absolute Gasteiger partial charge is 0.497 e. The second-order valence-electron chi connectivity index (χ2n) is 7.51. The van der Waals surface area contributed by atoms with Crippen LogP contribution in [-0.4, -0.2) is 68.7 Å². The van der Waals surface area contributed by atoms with Crippen molar-refractivity contribution in [2.24, 2.45) is 0 Å². The summed E-state index contributed by atoms with van der Waals surface area (Å²) in [6, 6.07) is 13.8. The lowest BCUT2D eigenvalue weighted by atomic mass is 10.1. The average molecular weight is 398 g/mol. The Morgan fingerprint density at radius 1 is 0.966 bits per heavy atom. The maximum Gasteiger partial charge on any atom is 0.238 e. The molecular formula is C23H31N3O3. The molecule has 0 radical (unpaired) electrons. The summed E-state index contributed by atoms with van der Waals surface area (Å²) in [4.78, 5) is 17.0. The fraction of sp³-hybridized carbons (Fsp3) is 0.435. The molecule has 6 heteroatoms. The lowest BCUT2D eigenvalue weighted by Crippen LogP contribution is -2.49. The summed E-state index contributed by atoms with van der Waals surface area (Å²) in [7, 11) is 1.66. The first kappa shape index (κ1) is 21.1. The quantitative estimate of drug-likeness (QED) is 0.742. The van der Waals surface area contributed by atoms with E-state index in [4.69, 9.17) is 9.47 Å². The van der Waals surface area contributed by atoms with Crippen molar-refractivity contribution in [3.05, 3.63) is 53.6 Å². The van der Waals surface area contributed by atoms with Crippen LogP contribution in [0.25, 0.3) is 0 Å². The lowest BCUT2D eigenvalue weighted by Gasteiger charge is -2.34. The zero-order valence-electron chi connectivity index (χ0n) is 17.6. The maximum atomic E-state index is 12.4. The molecule has 0 aliphatic carbocycles. The van der Waals surface area contributed by atoms with Gasteiger partial charge in [-0.15, -0.1) is 0 Å². The summed E-state index contributed by atoms with van der Waals surface area (Å²) in [5.41, 5.74) is 3.14. The van der Waals surface area contributed by atoms with Crippen LogP contribution in [-0.2, 0) is 4.79 Å². The highest BCUT2D eigenvalue weighted by atomic mass is 16.5. The Morgan fingerprint density at radius 2 is 1.62 bits per heavy atom. The van der Waals surface area contributed by atoms with Crippen molar-refractivity contribution in [3.63, 3.8) is 0 Å². The van der Waals surface area contributed by atoms with Crippen molar-refractivity contribution in [1.29, 1.82) is 0 Å². The van der Waals surface area contributed by atoms with E-state index in [1.165, 1.54) is 0 Å². The summed E-state index contributed by atoms with van der Waals surface area (Å²) in [5.74, 6) is 1.73. The molecule has 29 heavy (non-hydrogen) atoms. The van der Waals surface area contributed by atoms with Gasteiger partial charge in [-0.3, -0.25) is 14.6 Å². The molecule has 1 heterocycles. The monoisotopic (exact) mass is 397 g/mol. The molecule has 2 aromatic carbocycles. The Kier molecular flexibility index (Phi) is 7.49. The first-order chi connectivity index (χ1) is 14.0. The molecule has 0 saturated carbocycles. The normalized spacial score (nSPS) is 15.1. The molecule has 0 aromatic heterocycles. The van der Waals surface area contributed by atoms with Crippen molar-refractivity contribution < 1.29 is 14.3 Å². The van der Waals surface area contributed by atoms with Crippen molar-refractivity contribution in [3.8, 4) is 11.5 Å². The Labute approximate surface area is 173 Å². The fourth-order valence-electron chi connectivity index (χ4n) is 3.40. The van der Waals surface area contributed by atoms with E-state index in [0.29, 0.717) is 13.2 Å². The van der Waals surface area contributed by atoms with Crippen molar-refractivity contribution in [1.82, 2.24) is 9.80 Å². The molecule has 1 aliphatic rings. The third-order valence-corrected chi connectivity index (χ3v) is 5.23. The van der Waals surface area contributed by atoms with Crippen LogP contribution in [0.2, 0.25) is 0 Å². The SMILES string of the molecule is COc1ccc(OCCN2CCN(CC(=O)Nc3cc(C)ccc3C)CC2)cc1. The van der Waals surface area contributed by atoms with Gasteiger partial charge in [0.15, 0.2) is 0 Å². The van der Waals surface area contributed by atoms with Gasteiger partial charge in [0.1, 0.15) is 18.1 Å². The van der Waals surface area contributed by atoms with E-state index in [1.54, 1.807) is 7.11 Å². The molecule has 3 rings (SSSR count). The average Bonchev–Trinajstić information content (AvgIpc) is 2.72. The summed E-state index contributed by atoms with van der Waals surface area (Å²) in [5, 5.41) is 3.05. The third kappa shape index (κ3) is 6.48. The zero-order valence-corrected chi connectivity index (χ0v) is 17.6. The van der Waals surface area contributed by atoms with Gasteiger partial charge in [0, 0.05) is 38.4 Å². The highest BCUT2D eigenvalue weighted by Gasteiger charge is 2.19. The molecule has 1 amide bonds. The van der Waals surface area contributed by atoms with Crippen LogP contribution in [0.5, 0.6) is 11.5 Å². The van der Waals surface area contributed by atoms with Crippen LogP contribution >= 0.6 is 0 Å². The predicted molar refractivity (Wildman–Crippen MR) is 116 cm³/mol. The number of methoxy groups -OCH3 is 1. The predicted octanol–water partition coefficient (Wildman–Crippen LogP) is 2.95. The third-order valence-electron chi connectivity index (χ3n) is 5.23. The number of carbonyl (C=O) groups is 1. The van der Waals surface area contributed by atoms with Crippen LogP contribution < -0.4 is 14.8 Å². The zero-order chi connectivity index (χ0) is 20.6. The number of nitrogens with zero attached hydrogens (tertiary/aromatic N) is 2. The van der Waals surface area contributed by atoms with Crippen molar-refractivity contribution in [2.45, 2.75) is 13.8 Å². The van der Waals surface area contributed by atoms with Crippen molar-refractivity contribution in [2.75, 3.05) is 58.3 Å². The molecule has 6 nitrogen and oxygen atoms in total. The van der Waals surface area contributed by atoms with Gasteiger partial charge in [-0.25, -0.2) is 0 Å². The minimum Gasteiger partial charge on any atom is -0.497 e. The summed E-state index contributed by atoms with van der Waals surface area (Å²) < 4.78 is 11.0. The number of ether oxygens (including phenoxy) is 2. The number of nitrogens with one attached hydrogen (secondary N) is 1. The van der Waals surface area contributed by atoms with Crippen LogP contribution in [0.1, 0.15) is 11.1 Å². The first-order valence-corrected chi connectivity index (χ1v) is 10.1. The van der Waals surface area contributed by atoms with E-state index < -0.39 is 0 Å². The molecule has 0 atom stereocenters. The van der Waals surface area contributed by atoms with E-state index in [2.05, 4.69) is 21.2 Å². The minimum absolute atomic E-state index is 0.0509. The van der Waals surface area contributed by atoms with E-state index >= 15 is 0 Å². The Balaban J connectivity index is 1.35. The molecule has 1 saturated heterocycles. The Hall–Kier alpha value is -2.57. The van der Waals surface area contributed by atoms with Crippen LogP contribution in [0.4, 0.5) is 5.69 Å². The van der Waals surface area contributed by atoms with Crippen LogP contribution in [0.3, 0.4) is 0 Å². The highest BCUT2D eigenvalue weighted by molar-refractivity contribution is 5.93. The van der Waals surface area contributed by atoms with Gasteiger partial charge in [0.2, 0.25) is 5.91 Å². The number of anilines is 1. The second-order valence-corrected chi connectivity index (χ2v) is 7.51. The van der Waals surface area contributed by atoms with Crippen LogP contribution in [0, 0.1) is 13.8 Å². The number of carbonyl (C=O) groups excluding carboxylic acids is 1. The standard InChI is InChI=1S/C23H31N3O3/c1-18-4-5-19(2)22(16-18)24-23(27)17-26-12-10-25(11-13-26)14-15-29-21-8-6-20(28-3)7-9-21/h4-9,16H,10-15,17H2,1-3H3,(H,24,27). The highest BCUT2D eigenvalue weighted by Crippen LogP contribution is 2.17. The molecule has 2 aromatic rings. The topological polar surface area (TPSA) is 54.0 Å². The summed E-state index contributed by atoms with van der Waals surface area (Å²) in [6.45, 7) is 9.70. The minimum atomic E-state index is 0.0509. The van der Waals surface area contributed by atoms with E-state index in [1.807, 2.05) is 50.2 Å². The number of benzene rings is 2. The Morgan fingerprint density at radius 3 is 2.31 bits per heavy atom. The molecule has 156 valence electrons. The summed E-state index contributed by atoms with van der Waals surface area (Å²) in [6.07, 6.45) is 0. The van der Waals surface area contributed by atoms with Gasteiger partial charge >= 0.3 is 0 Å². The lowest BCUT2D eigenvalue weighted by molar-refractivity contribution is -0.117. The first-order valence-electron chi connectivity index (χ1n) is 10.1. The molecule has 0 unspecified atom stereocenters. The van der Waals surface area contributed by atoms with Gasteiger partial charge in [-0.1, -0.05) is 12.1 Å². The molecule has 1 aliphatic heterocycles. The molecular weight excluding hydrogens is 366 g/mol. The number of aryl methyl sites for hydroxylation is 2. The number of amides is 1. The number of piperazine rings is 1. The molecule has 0 bridgehead atoms. The number of hydrogen-bond acceptors (Lipinski definition) is 5. The smallest absolute Gasteiger partial charge is 0.238 e. The van der Waals surface area contributed by atoms with Gasteiger partial charge in [-0.05, 0) is 55.3 Å². The van der Waals surface area contributed by atoms with E-state index in [9.17, 15) is 4.79 Å². The summed E-state index contributed by atoms with van der Waals surface area (Å²) >= 11 is 0. The van der Waals surface area contributed by atoms with Gasteiger partial charge < -0.3 is 14.8 Å².